The third kappa shape index (κ3) is 2.86. The van der Waals surface area contributed by atoms with Crippen LogP contribution in [0.5, 0.6) is 0 Å². The molecule has 2 N–H and O–H groups in total. The lowest BCUT2D eigenvalue weighted by molar-refractivity contribution is -0.144. The standard InChI is InChI=1S/C14H26N2O2/c1-3-8-16(10-11-4-5-11)12-6-7-14(9-12,15-2)13(17)18/h11-12,15H,3-10H2,1-2H3,(H,17,18). The molecule has 0 aliphatic heterocycles. The molecule has 0 spiro atoms. The first kappa shape index (κ1) is 13.8. The highest BCUT2D eigenvalue weighted by Crippen LogP contribution is 2.36. The molecule has 104 valence electrons. The van der Waals surface area contributed by atoms with Crippen LogP contribution in [0, 0.1) is 5.92 Å². The number of rotatable bonds is 7. The number of hydrogen-bond donors (Lipinski definition) is 2. The average molecular weight is 254 g/mol. The van der Waals surface area contributed by atoms with Gasteiger partial charge in [-0.2, -0.15) is 0 Å². The Hall–Kier alpha value is -0.610. The maximum atomic E-state index is 11.4. The molecule has 0 radical (unpaired) electrons. The zero-order valence-corrected chi connectivity index (χ0v) is 11.6. The van der Waals surface area contributed by atoms with Crippen LogP contribution in [0.4, 0.5) is 0 Å². The Morgan fingerprint density at radius 1 is 1.44 bits per heavy atom. The van der Waals surface area contributed by atoms with Gasteiger partial charge >= 0.3 is 5.97 Å². The van der Waals surface area contributed by atoms with Crippen LogP contribution in [0.2, 0.25) is 0 Å². The fraction of sp³-hybridized carbons (Fsp3) is 0.929. The van der Waals surface area contributed by atoms with Crippen LogP contribution in [0.3, 0.4) is 0 Å². The van der Waals surface area contributed by atoms with Gasteiger partial charge in [0, 0.05) is 12.6 Å². The number of likely N-dealkylation sites (N-methyl/N-ethyl adjacent to an activating group) is 1. The van der Waals surface area contributed by atoms with Gasteiger partial charge in [-0.3, -0.25) is 4.79 Å². The molecule has 18 heavy (non-hydrogen) atoms. The Bertz CT molecular complexity index is 304. The number of carboxylic acids is 1. The quantitative estimate of drug-likeness (QED) is 0.726. The second-order valence-corrected chi connectivity index (χ2v) is 5.97. The van der Waals surface area contributed by atoms with E-state index < -0.39 is 11.5 Å². The van der Waals surface area contributed by atoms with E-state index in [1.807, 2.05) is 0 Å². The number of aliphatic carboxylic acids is 1. The molecule has 2 atom stereocenters. The minimum Gasteiger partial charge on any atom is -0.480 e. The lowest BCUT2D eigenvalue weighted by atomic mass is 9.97. The SMILES string of the molecule is CCCN(CC1CC1)C1CCC(NC)(C(=O)O)C1. The molecule has 0 bridgehead atoms. The van der Waals surface area contributed by atoms with Gasteiger partial charge in [0.05, 0.1) is 0 Å². The second-order valence-electron chi connectivity index (χ2n) is 5.97. The zero-order chi connectivity index (χ0) is 13.2. The lowest BCUT2D eigenvalue weighted by Gasteiger charge is -2.30. The molecule has 4 heteroatoms. The molecule has 2 aliphatic carbocycles. The normalized spacial score (nSPS) is 32.1. The van der Waals surface area contributed by atoms with Crippen molar-refractivity contribution in [2.24, 2.45) is 5.92 Å². The van der Waals surface area contributed by atoms with Gasteiger partial charge < -0.3 is 15.3 Å². The predicted octanol–water partition coefficient (Wildman–Crippen LogP) is 1.70. The summed E-state index contributed by atoms with van der Waals surface area (Å²) in [5, 5.41) is 12.5. The Morgan fingerprint density at radius 2 is 2.17 bits per heavy atom. The van der Waals surface area contributed by atoms with E-state index >= 15 is 0 Å². The molecule has 0 aromatic carbocycles. The minimum atomic E-state index is -0.685. The Labute approximate surface area is 110 Å². The van der Waals surface area contributed by atoms with Crippen molar-refractivity contribution < 1.29 is 9.90 Å². The maximum absolute atomic E-state index is 11.4. The summed E-state index contributed by atoms with van der Waals surface area (Å²) < 4.78 is 0. The van der Waals surface area contributed by atoms with Gasteiger partial charge in [-0.1, -0.05) is 6.92 Å². The van der Waals surface area contributed by atoms with Crippen LogP contribution in [-0.4, -0.2) is 47.7 Å². The summed E-state index contributed by atoms with van der Waals surface area (Å²) in [6, 6.07) is 0.453. The highest BCUT2D eigenvalue weighted by atomic mass is 16.4. The van der Waals surface area contributed by atoms with Crippen LogP contribution in [0.15, 0.2) is 0 Å². The van der Waals surface area contributed by atoms with Crippen LogP contribution in [0.25, 0.3) is 0 Å². The summed E-state index contributed by atoms with van der Waals surface area (Å²) in [7, 11) is 1.78. The Balaban J connectivity index is 1.97. The zero-order valence-electron chi connectivity index (χ0n) is 11.6. The van der Waals surface area contributed by atoms with E-state index in [1.165, 1.54) is 19.4 Å². The van der Waals surface area contributed by atoms with E-state index in [4.69, 9.17) is 0 Å². The molecule has 0 amide bonds. The van der Waals surface area contributed by atoms with Gasteiger partial charge in [-0.25, -0.2) is 0 Å². The monoisotopic (exact) mass is 254 g/mol. The first-order valence-corrected chi connectivity index (χ1v) is 7.27. The fourth-order valence-corrected chi connectivity index (χ4v) is 3.20. The molecule has 2 saturated carbocycles. The summed E-state index contributed by atoms with van der Waals surface area (Å²) in [6.07, 6.45) is 6.41. The largest absolute Gasteiger partial charge is 0.480 e. The second kappa shape index (κ2) is 5.57. The van der Waals surface area contributed by atoms with Gasteiger partial charge in [0.25, 0.3) is 0 Å². The summed E-state index contributed by atoms with van der Waals surface area (Å²) in [5.74, 6) is 0.196. The molecule has 2 rings (SSSR count). The average Bonchev–Trinajstić information content (AvgIpc) is 3.05. The Kier molecular flexibility index (Phi) is 4.28. The van der Waals surface area contributed by atoms with Gasteiger partial charge in [-0.05, 0) is 58.0 Å². The third-order valence-electron chi connectivity index (χ3n) is 4.59. The van der Waals surface area contributed by atoms with Crippen LogP contribution < -0.4 is 5.32 Å². The molecule has 4 nitrogen and oxygen atoms in total. The van der Waals surface area contributed by atoms with Gasteiger partial charge in [0.15, 0.2) is 0 Å². The van der Waals surface area contributed by atoms with Crippen LogP contribution in [0.1, 0.15) is 45.4 Å². The van der Waals surface area contributed by atoms with Crippen LogP contribution >= 0.6 is 0 Å². The summed E-state index contributed by atoms with van der Waals surface area (Å²) in [5.41, 5.74) is -0.680. The van der Waals surface area contributed by atoms with E-state index in [0.29, 0.717) is 6.04 Å². The van der Waals surface area contributed by atoms with Crippen molar-refractivity contribution in [3.63, 3.8) is 0 Å². The first-order valence-electron chi connectivity index (χ1n) is 7.27. The molecule has 0 saturated heterocycles. The molecule has 2 unspecified atom stereocenters. The maximum Gasteiger partial charge on any atom is 0.323 e. The first-order chi connectivity index (χ1) is 8.61. The molecule has 0 aromatic rings. The van der Waals surface area contributed by atoms with Gasteiger partial charge in [0.1, 0.15) is 5.54 Å². The highest BCUT2D eigenvalue weighted by Gasteiger charge is 2.46. The number of hydrogen-bond acceptors (Lipinski definition) is 3. The van der Waals surface area contributed by atoms with E-state index in [-0.39, 0.29) is 0 Å². The van der Waals surface area contributed by atoms with Gasteiger partial charge in [-0.15, -0.1) is 0 Å². The fourth-order valence-electron chi connectivity index (χ4n) is 3.20. The van der Waals surface area contributed by atoms with Crippen molar-refractivity contribution in [3.05, 3.63) is 0 Å². The molecular formula is C14H26N2O2. The van der Waals surface area contributed by atoms with Crippen molar-refractivity contribution in [1.82, 2.24) is 10.2 Å². The number of nitrogens with one attached hydrogen (secondary N) is 1. The minimum absolute atomic E-state index is 0.453. The van der Waals surface area contributed by atoms with E-state index in [1.54, 1.807) is 7.05 Å². The molecular weight excluding hydrogens is 228 g/mol. The van der Waals surface area contributed by atoms with E-state index in [0.717, 1.165) is 38.1 Å². The summed E-state index contributed by atoms with van der Waals surface area (Å²) in [6.45, 7) is 4.50. The van der Waals surface area contributed by atoms with Crippen molar-refractivity contribution in [1.29, 1.82) is 0 Å². The number of carbonyl (C=O) groups is 1. The smallest absolute Gasteiger partial charge is 0.323 e. The predicted molar refractivity (Wildman–Crippen MR) is 71.7 cm³/mol. The topological polar surface area (TPSA) is 52.6 Å². The molecule has 0 heterocycles. The summed E-state index contributed by atoms with van der Waals surface area (Å²) >= 11 is 0. The summed E-state index contributed by atoms with van der Waals surface area (Å²) in [4.78, 5) is 14.0. The van der Waals surface area contributed by atoms with E-state index in [2.05, 4.69) is 17.1 Å². The number of carboxylic acid groups (broad SMARTS) is 1. The highest BCUT2D eigenvalue weighted by molar-refractivity contribution is 5.79. The van der Waals surface area contributed by atoms with Crippen molar-refractivity contribution in [2.75, 3.05) is 20.1 Å². The molecule has 0 aromatic heterocycles. The third-order valence-corrected chi connectivity index (χ3v) is 4.59. The van der Waals surface area contributed by atoms with Gasteiger partial charge in [0.2, 0.25) is 0 Å². The van der Waals surface area contributed by atoms with Crippen molar-refractivity contribution in [2.45, 2.75) is 57.0 Å². The Morgan fingerprint density at radius 3 is 2.61 bits per heavy atom. The van der Waals surface area contributed by atoms with Crippen LogP contribution in [-0.2, 0) is 4.79 Å². The van der Waals surface area contributed by atoms with E-state index in [9.17, 15) is 9.90 Å². The number of nitrogens with zero attached hydrogens (tertiary/aromatic N) is 1. The lowest BCUT2D eigenvalue weighted by Crippen LogP contribution is -2.49. The van der Waals surface area contributed by atoms with Crippen molar-refractivity contribution in [3.8, 4) is 0 Å². The molecule has 2 aliphatic rings. The van der Waals surface area contributed by atoms with Crippen molar-refractivity contribution >= 4 is 5.97 Å². The molecule has 2 fully saturated rings.